The van der Waals surface area contributed by atoms with Gasteiger partial charge in [0.15, 0.2) is 0 Å². The number of ether oxygens (including phenoxy) is 1. The molecule has 0 fully saturated rings. The molecular formula is C17H17NO3. The Balaban J connectivity index is 2.21. The highest BCUT2D eigenvalue weighted by molar-refractivity contribution is 6.07. The van der Waals surface area contributed by atoms with E-state index in [-0.39, 0.29) is 5.91 Å². The first-order valence-electron chi connectivity index (χ1n) is 6.73. The van der Waals surface area contributed by atoms with Gasteiger partial charge >= 0.3 is 5.97 Å². The molecule has 0 aliphatic carbocycles. The molecule has 0 saturated heterocycles. The van der Waals surface area contributed by atoms with E-state index in [4.69, 9.17) is 4.74 Å². The van der Waals surface area contributed by atoms with Crippen LogP contribution >= 0.6 is 0 Å². The molecule has 0 aromatic heterocycles. The van der Waals surface area contributed by atoms with Crippen molar-refractivity contribution in [2.24, 2.45) is 0 Å². The van der Waals surface area contributed by atoms with E-state index in [1.165, 1.54) is 12.7 Å². The number of amides is 1. The Kier molecular flexibility index (Phi) is 4.72. The predicted molar refractivity (Wildman–Crippen MR) is 81.6 cm³/mol. The van der Waals surface area contributed by atoms with Crippen LogP contribution in [0.15, 0.2) is 48.5 Å². The highest BCUT2D eigenvalue weighted by Gasteiger charge is 2.14. The van der Waals surface area contributed by atoms with E-state index in [1.807, 2.05) is 12.1 Å². The maximum Gasteiger partial charge on any atom is 0.339 e. The lowest BCUT2D eigenvalue weighted by molar-refractivity contribution is 0.0602. The molecule has 0 aliphatic rings. The summed E-state index contributed by atoms with van der Waals surface area (Å²) in [7, 11) is 1.31. The number of carbonyl (C=O) groups is 2. The van der Waals surface area contributed by atoms with Gasteiger partial charge in [0.25, 0.3) is 5.91 Å². The van der Waals surface area contributed by atoms with E-state index >= 15 is 0 Å². The Morgan fingerprint density at radius 1 is 1.05 bits per heavy atom. The molecule has 0 atom stereocenters. The van der Waals surface area contributed by atoms with Crippen molar-refractivity contribution in [3.05, 3.63) is 65.2 Å². The smallest absolute Gasteiger partial charge is 0.339 e. The number of methoxy groups -OCH3 is 1. The summed E-state index contributed by atoms with van der Waals surface area (Å²) in [6.07, 6.45) is 0.924. The molecule has 0 bridgehead atoms. The molecule has 4 heteroatoms. The Bertz CT molecular complexity index is 647. The van der Waals surface area contributed by atoms with Crippen molar-refractivity contribution >= 4 is 17.6 Å². The number of carbonyl (C=O) groups excluding carboxylic acids is 2. The average Bonchev–Trinajstić information content (AvgIpc) is 2.54. The number of rotatable bonds is 4. The zero-order chi connectivity index (χ0) is 15.2. The van der Waals surface area contributed by atoms with Crippen LogP contribution in [-0.2, 0) is 11.2 Å². The molecule has 108 valence electrons. The molecular weight excluding hydrogens is 266 g/mol. The van der Waals surface area contributed by atoms with Crippen molar-refractivity contribution in [2.75, 3.05) is 12.4 Å². The molecule has 4 nitrogen and oxygen atoms in total. The summed E-state index contributed by atoms with van der Waals surface area (Å²) < 4.78 is 4.70. The molecule has 21 heavy (non-hydrogen) atoms. The maximum absolute atomic E-state index is 12.2. The third-order valence-electron chi connectivity index (χ3n) is 3.20. The molecule has 0 heterocycles. The summed E-state index contributed by atoms with van der Waals surface area (Å²) in [5.74, 6) is -0.735. The largest absolute Gasteiger partial charge is 0.465 e. The number of esters is 1. The molecule has 1 N–H and O–H groups in total. The number of nitrogens with one attached hydrogen (secondary N) is 1. The fourth-order valence-electron chi connectivity index (χ4n) is 1.97. The number of hydrogen-bond acceptors (Lipinski definition) is 3. The number of benzene rings is 2. The first-order valence-corrected chi connectivity index (χ1v) is 6.73. The number of hydrogen-bond donors (Lipinski definition) is 1. The molecule has 2 rings (SSSR count). The lowest BCUT2D eigenvalue weighted by Crippen LogP contribution is -2.15. The minimum absolute atomic E-state index is 0.256. The zero-order valence-corrected chi connectivity index (χ0v) is 12.1. The van der Waals surface area contributed by atoms with Gasteiger partial charge in [-0.2, -0.15) is 0 Å². The van der Waals surface area contributed by atoms with Gasteiger partial charge in [-0.15, -0.1) is 0 Å². The summed E-state index contributed by atoms with van der Waals surface area (Å²) in [5, 5.41) is 2.74. The predicted octanol–water partition coefficient (Wildman–Crippen LogP) is 3.29. The Hall–Kier alpha value is -2.62. The second-order valence-corrected chi connectivity index (χ2v) is 4.54. The highest BCUT2D eigenvalue weighted by Crippen LogP contribution is 2.17. The second-order valence-electron chi connectivity index (χ2n) is 4.54. The molecule has 0 unspecified atom stereocenters. The quantitative estimate of drug-likeness (QED) is 0.876. The van der Waals surface area contributed by atoms with Crippen LogP contribution in [0.25, 0.3) is 0 Å². The standard InChI is InChI=1S/C17H17NO3/c1-3-12-8-10-13(11-9-12)16(19)18-15-7-5-4-6-14(15)17(20)21-2/h4-11H,3H2,1-2H3,(H,18,19). The van der Waals surface area contributed by atoms with E-state index in [0.29, 0.717) is 16.8 Å². The van der Waals surface area contributed by atoms with Crippen molar-refractivity contribution in [1.82, 2.24) is 0 Å². The molecule has 0 radical (unpaired) electrons. The summed E-state index contributed by atoms with van der Waals surface area (Å²) in [4.78, 5) is 23.9. The van der Waals surface area contributed by atoms with Crippen molar-refractivity contribution in [3.8, 4) is 0 Å². The van der Waals surface area contributed by atoms with Crippen molar-refractivity contribution in [3.63, 3.8) is 0 Å². The normalized spacial score (nSPS) is 10.0. The van der Waals surface area contributed by atoms with Crippen LogP contribution in [0.2, 0.25) is 0 Å². The first-order chi connectivity index (χ1) is 10.2. The van der Waals surface area contributed by atoms with Crippen LogP contribution in [0.5, 0.6) is 0 Å². The van der Waals surface area contributed by atoms with Gasteiger partial charge in [0.05, 0.1) is 18.4 Å². The molecule has 2 aromatic carbocycles. The minimum Gasteiger partial charge on any atom is -0.465 e. The molecule has 0 saturated carbocycles. The molecule has 0 aliphatic heterocycles. The third kappa shape index (κ3) is 3.48. The molecule has 0 spiro atoms. The van der Waals surface area contributed by atoms with E-state index in [9.17, 15) is 9.59 Å². The maximum atomic E-state index is 12.2. The van der Waals surface area contributed by atoms with Gasteiger partial charge in [-0.1, -0.05) is 31.2 Å². The highest BCUT2D eigenvalue weighted by atomic mass is 16.5. The SMILES string of the molecule is CCc1ccc(C(=O)Nc2ccccc2C(=O)OC)cc1. The van der Waals surface area contributed by atoms with Gasteiger partial charge in [0, 0.05) is 5.56 Å². The monoisotopic (exact) mass is 283 g/mol. The molecule has 2 aromatic rings. The van der Waals surface area contributed by atoms with Crippen LogP contribution in [0.3, 0.4) is 0 Å². The Labute approximate surface area is 123 Å². The summed E-state index contributed by atoms with van der Waals surface area (Å²) in [5.41, 5.74) is 2.49. The topological polar surface area (TPSA) is 55.4 Å². The van der Waals surface area contributed by atoms with Gasteiger partial charge in [0.2, 0.25) is 0 Å². The minimum atomic E-state index is -0.479. The van der Waals surface area contributed by atoms with Gasteiger partial charge < -0.3 is 10.1 Å². The van der Waals surface area contributed by atoms with Crippen LogP contribution in [0.4, 0.5) is 5.69 Å². The number of aryl methyl sites for hydroxylation is 1. The Morgan fingerprint density at radius 3 is 2.33 bits per heavy atom. The zero-order valence-electron chi connectivity index (χ0n) is 12.1. The molecule has 1 amide bonds. The van der Waals surface area contributed by atoms with Gasteiger partial charge in [-0.25, -0.2) is 4.79 Å². The lowest BCUT2D eigenvalue weighted by Gasteiger charge is -2.09. The number of anilines is 1. The van der Waals surface area contributed by atoms with Crippen LogP contribution < -0.4 is 5.32 Å². The fourth-order valence-corrected chi connectivity index (χ4v) is 1.97. The second kappa shape index (κ2) is 6.70. The fraction of sp³-hybridized carbons (Fsp3) is 0.176. The van der Waals surface area contributed by atoms with E-state index in [2.05, 4.69) is 12.2 Å². The first kappa shape index (κ1) is 14.8. The number of para-hydroxylation sites is 1. The van der Waals surface area contributed by atoms with Crippen LogP contribution in [0, 0.1) is 0 Å². The van der Waals surface area contributed by atoms with Gasteiger partial charge in [-0.05, 0) is 36.2 Å². The van der Waals surface area contributed by atoms with Crippen LogP contribution in [-0.4, -0.2) is 19.0 Å². The Morgan fingerprint density at radius 2 is 1.71 bits per heavy atom. The van der Waals surface area contributed by atoms with E-state index in [0.717, 1.165) is 6.42 Å². The third-order valence-corrected chi connectivity index (χ3v) is 3.20. The summed E-state index contributed by atoms with van der Waals surface area (Å²) in [6, 6.07) is 14.1. The average molecular weight is 283 g/mol. The van der Waals surface area contributed by atoms with E-state index in [1.54, 1.807) is 36.4 Å². The van der Waals surface area contributed by atoms with Crippen LogP contribution in [0.1, 0.15) is 33.2 Å². The lowest BCUT2D eigenvalue weighted by atomic mass is 10.1. The summed E-state index contributed by atoms with van der Waals surface area (Å²) in [6.45, 7) is 2.06. The van der Waals surface area contributed by atoms with Crippen molar-refractivity contribution in [1.29, 1.82) is 0 Å². The van der Waals surface area contributed by atoms with E-state index < -0.39 is 5.97 Å². The van der Waals surface area contributed by atoms with Gasteiger partial charge in [0.1, 0.15) is 0 Å². The van der Waals surface area contributed by atoms with Crippen molar-refractivity contribution < 1.29 is 14.3 Å². The van der Waals surface area contributed by atoms with Gasteiger partial charge in [-0.3, -0.25) is 4.79 Å². The summed E-state index contributed by atoms with van der Waals surface area (Å²) >= 11 is 0. The van der Waals surface area contributed by atoms with Crippen molar-refractivity contribution in [2.45, 2.75) is 13.3 Å².